The lowest BCUT2D eigenvalue weighted by Gasteiger charge is -2.01. The van der Waals surface area contributed by atoms with Crippen LogP contribution in [0.4, 0.5) is 10.8 Å². The van der Waals surface area contributed by atoms with Crippen molar-refractivity contribution in [3.63, 3.8) is 0 Å². The van der Waals surface area contributed by atoms with Crippen LogP contribution in [0.5, 0.6) is 0 Å². The van der Waals surface area contributed by atoms with Gasteiger partial charge in [-0.05, 0) is 6.42 Å². The van der Waals surface area contributed by atoms with Crippen molar-refractivity contribution in [1.29, 1.82) is 0 Å². The molecular formula is C11H13N5O3S. The molecule has 2 aromatic heterocycles. The summed E-state index contributed by atoms with van der Waals surface area (Å²) in [5, 5.41) is 14.6. The first-order chi connectivity index (χ1) is 9.60. The summed E-state index contributed by atoms with van der Waals surface area (Å²) in [4.78, 5) is 30.2. The zero-order valence-electron chi connectivity index (χ0n) is 10.8. The first-order valence-corrected chi connectivity index (χ1v) is 6.81. The van der Waals surface area contributed by atoms with Crippen molar-refractivity contribution >= 4 is 22.2 Å². The molecule has 0 aliphatic rings. The van der Waals surface area contributed by atoms with Gasteiger partial charge in [-0.2, -0.15) is 4.98 Å². The fourth-order valence-corrected chi connectivity index (χ4v) is 2.35. The second-order valence-electron chi connectivity index (χ2n) is 4.04. The molecule has 0 unspecified atom stereocenters. The molecule has 0 amide bonds. The van der Waals surface area contributed by atoms with Gasteiger partial charge in [-0.15, -0.1) is 11.3 Å². The Bertz CT molecular complexity index is 666. The molecule has 8 nitrogen and oxygen atoms in total. The number of thiazole rings is 1. The number of rotatable bonds is 6. The van der Waals surface area contributed by atoms with E-state index in [4.69, 9.17) is 0 Å². The van der Waals surface area contributed by atoms with Gasteiger partial charge in [0.25, 0.3) is 0 Å². The number of nitrogens with one attached hydrogen (secondary N) is 1. The highest BCUT2D eigenvalue weighted by Crippen LogP contribution is 2.19. The topological polar surface area (TPSA) is 103 Å². The fraction of sp³-hybridized carbons (Fsp3) is 0.364. The third kappa shape index (κ3) is 3.38. The average molecular weight is 295 g/mol. The van der Waals surface area contributed by atoms with Gasteiger partial charge in [-0.1, -0.05) is 6.92 Å². The molecule has 20 heavy (non-hydrogen) atoms. The minimum atomic E-state index is -0.580. The third-order valence-electron chi connectivity index (χ3n) is 2.46. The molecule has 0 aliphatic heterocycles. The van der Waals surface area contributed by atoms with E-state index in [0.29, 0.717) is 0 Å². The molecule has 106 valence electrons. The normalized spacial score (nSPS) is 10.4. The molecule has 0 bridgehead atoms. The molecular weight excluding hydrogens is 282 g/mol. The minimum Gasteiger partial charge on any atom is -0.362 e. The first-order valence-electron chi connectivity index (χ1n) is 5.99. The smallest absolute Gasteiger partial charge is 0.348 e. The molecule has 0 atom stereocenters. The van der Waals surface area contributed by atoms with E-state index in [1.54, 1.807) is 6.20 Å². The molecule has 9 heteroatoms. The number of hydrogen-bond donors (Lipinski definition) is 1. The van der Waals surface area contributed by atoms with Crippen LogP contribution in [0.1, 0.15) is 18.2 Å². The first kappa shape index (κ1) is 14.1. The molecule has 0 spiro atoms. The van der Waals surface area contributed by atoms with E-state index in [9.17, 15) is 14.9 Å². The SMILES string of the molecule is CCCNc1ncc(Cn2cc([N+](=O)[O-])cnc2=O)s1. The molecule has 0 fully saturated rings. The van der Waals surface area contributed by atoms with Crippen molar-refractivity contribution < 1.29 is 4.92 Å². The van der Waals surface area contributed by atoms with Crippen LogP contribution in [0.25, 0.3) is 0 Å². The summed E-state index contributed by atoms with van der Waals surface area (Å²) in [6, 6.07) is 0. The van der Waals surface area contributed by atoms with E-state index < -0.39 is 10.6 Å². The van der Waals surface area contributed by atoms with Crippen molar-refractivity contribution in [2.45, 2.75) is 19.9 Å². The van der Waals surface area contributed by atoms with E-state index in [-0.39, 0.29) is 12.2 Å². The highest BCUT2D eigenvalue weighted by atomic mass is 32.1. The Hall–Kier alpha value is -2.29. The van der Waals surface area contributed by atoms with E-state index >= 15 is 0 Å². The lowest BCUT2D eigenvalue weighted by atomic mass is 10.5. The zero-order chi connectivity index (χ0) is 14.5. The lowest BCUT2D eigenvalue weighted by Crippen LogP contribution is -2.22. The Morgan fingerprint density at radius 1 is 1.45 bits per heavy atom. The molecule has 0 saturated heterocycles. The van der Waals surface area contributed by atoms with Gasteiger partial charge in [0.2, 0.25) is 0 Å². The van der Waals surface area contributed by atoms with Crippen LogP contribution in [0.2, 0.25) is 0 Å². The maximum Gasteiger partial charge on any atom is 0.348 e. The molecule has 2 heterocycles. The quantitative estimate of drug-likeness (QED) is 0.639. The molecule has 0 aromatic carbocycles. The Labute approximate surface area is 118 Å². The zero-order valence-corrected chi connectivity index (χ0v) is 11.6. The summed E-state index contributed by atoms with van der Waals surface area (Å²) in [5.74, 6) is 0. The van der Waals surface area contributed by atoms with Crippen molar-refractivity contribution in [3.8, 4) is 0 Å². The Morgan fingerprint density at radius 2 is 2.25 bits per heavy atom. The highest BCUT2D eigenvalue weighted by Gasteiger charge is 2.10. The van der Waals surface area contributed by atoms with Gasteiger partial charge in [0, 0.05) is 17.6 Å². The number of hydrogen-bond acceptors (Lipinski definition) is 7. The van der Waals surface area contributed by atoms with E-state index in [2.05, 4.69) is 22.2 Å². The van der Waals surface area contributed by atoms with Crippen LogP contribution >= 0.6 is 11.3 Å². The summed E-state index contributed by atoms with van der Waals surface area (Å²) in [6.45, 7) is 3.10. The van der Waals surface area contributed by atoms with Crippen molar-refractivity contribution in [2.75, 3.05) is 11.9 Å². The Morgan fingerprint density at radius 3 is 2.95 bits per heavy atom. The second kappa shape index (κ2) is 6.24. The summed E-state index contributed by atoms with van der Waals surface area (Å²) < 4.78 is 1.20. The number of nitrogens with zero attached hydrogens (tertiary/aromatic N) is 4. The van der Waals surface area contributed by atoms with E-state index in [0.717, 1.165) is 29.2 Å². The average Bonchev–Trinajstić information content (AvgIpc) is 2.86. The Balaban J connectivity index is 2.17. The van der Waals surface area contributed by atoms with Gasteiger partial charge in [-0.25, -0.2) is 9.78 Å². The van der Waals surface area contributed by atoms with E-state index in [1.807, 2.05) is 0 Å². The molecule has 2 aromatic rings. The molecule has 0 saturated carbocycles. The minimum absolute atomic E-state index is 0.210. The van der Waals surface area contributed by atoms with Gasteiger partial charge in [-0.3, -0.25) is 14.7 Å². The molecule has 0 radical (unpaired) electrons. The van der Waals surface area contributed by atoms with Crippen LogP contribution < -0.4 is 11.0 Å². The predicted molar refractivity (Wildman–Crippen MR) is 75.1 cm³/mol. The van der Waals surface area contributed by atoms with Crippen molar-refractivity contribution in [2.24, 2.45) is 0 Å². The summed E-state index contributed by atoms with van der Waals surface area (Å²) in [7, 11) is 0. The van der Waals surface area contributed by atoms with Crippen LogP contribution in [-0.2, 0) is 6.54 Å². The van der Waals surface area contributed by atoms with Gasteiger partial charge in [0.15, 0.2) is 5.13 Å². The summed E-state index contributed by atoms with van der Waals surface area (Å²) in [6.07, 6.45) is 4.78. The third-order valence-corrected chi connectivity index (χ3v) is 3.40. The monoisotopic (exact) mass is 295 g/mol. The lowest BCUT2D eigenvalue weighted by molar-refractivity contribution is -0.385. The summed E-state index contributed by atoms with van der Waals surface area (Å²) >= 11 is 1.41. The van der Waals surface area contributed by atoms with E-state index in [1.165, 1.54) is 22.1 Å². The Kier molecular flexibility index (Phi) is 4.41. The number of aromatic nitrogens is 3. The fourth-order valence-electron chi connectivity index (χ4n) is 1.51. The number of anilines is 1. The molecule has 0 aliphatic carbocycles. The van der Waals surface area contributed by atoms with Gasteiger partial charge < -0.3 is 5.32 Å². The maximum atomic E-state index is 11.6. The second-order valence-corrected chi connectivity index (χ2v) is 5.15. The van der Waals surface area contributed by atoms with Gasteiger partial charge in [0.05, 0.1) is 17.7 Å². The van der Waals surface area contributed by atoms with Gasteiger partial charge in [0.1, 0.15) is 6.20 Å². The predicted octanol–water partition coefficient (Wildman–Crippen LogP) is 1.48. The van der Waals surface area contributed by atoms with Crippen molar-refractivity contribution in [3.05, 3.63) is 44.1 Å². The van der Waals surface area contributed by atoms with Crippen LogP contribution in [0.15, 0.2) is 23.4 Å². The number of nitro groups is 1. The van der Waals surface area contributed by atoms with Gasteiger partial charge >= 0.3 is 11.4 Å². The highest BCUT2D eigenvalue weighted by molar-refractivity contribution is 7.15. The molecule has 2 rings (SSSR count). The maximum absolute atomic E-state index is 11.6. The molecule has 1 N–H and O–H groups in total. The van der Waals surface area contributed by atoms with Crippen LogP contribution in [0.3, 0.4) is 0 Å². The standard InChI is InChI=1S/C11H13N5O3S/c1-2-3-12-10-13-5-9(20-10)7-15-6-8(16(18)19)4-14-11(15)17/h4-6H,2-3,7H2,1H3,(H,12,13). The van der Waals surface area contributed by atoms with Crippen LogP contribution in [0, 0.1) is 10.1 Å². The van der Waals surface area contributed by atoms with Crippen LogP contribution in [-0.4, -0.2) is 26.0 Å². The summed E-state index contributed by atoms with van der Waals surface area (Å²) in [5.41, 5.74) is -0.731. The van der Waals surface area contributed by atoms with Crippen molar-refractivity contribution in [1.82, 2.24) is 14.5 Å². The largest absolute Gasteiger partial charge is 0.362 e.